The van der Waals surface area contributed by atoms with Gasteiger partial charge in [0.05, 0.1) is 10.6 Å². The van der Waals surface area contributed by atoms with Crippen LogP contribution in [0.1, 0.15) is 88.2 Å². The molecule has 0 spiro atoms. The minimum absolute atomic E-state index is 0.0866. The molecule has 32 heavy (non-hydrogen) atoms. The van der Waals surface area contributed by atoms with Crippen molar-refractivity contribution >= 4 is 34.8 Å². The van der Waals surface area contributed by atoms with Crippen LogP contribution in [0.2, 0.25) is 0 Å². The maximum Gasteiger partial charge on any atom is 0.348 e. The van der Waals surface area contributed by atoms with Crippen LogP contribution in [0, 0.1) is 29.1 Å². The van der Waals surface area contributed by atoms with Crippen LogP contribution in [0.25, 0.3) is 0 Å². The molecule has 2 rings (SSSR count). The second kappa shape index (κ2) is 11.0. The number of carbonyl (C=O) groups is 3. The van der Waals surface area contributed by atoms with Crippen molar-refractivity contribution in [1.82, 2.24) is 5.32 Å². The molecular formula is C25H36N2O4S. The molecule has 1 aromatic heterocycles. The van der Waals surface area contributed by atoms with Gasteiger partial charge in [-0.15, -0.1) is 11.3 Å². The number of nitrogens with zero attached hydrogens (tertiary/aromatic N) is 1. The molecule has 0 aromatic carbocycles. The van der Waals surface area contributed by atoms with E-state index in [4.69, 9.17) is 0 Å². The standard InChI is InChI=1S/C25H36N2O4S/c1-7-26-21(28)14-17(3)27(23(29)18-10-8-16(2)9-11-18)20-15-19(12-13-25(4,5)6)32-22(20)24(30)31/h15-18H,7-11,14H2,1-6H3,(H,26,28)(H,30,31)/t16-,17-,18-/m0/s1. The molecule has 0 radical (unpaired) electrons. The molecule has 1 saturated carbocycles. The molecule has 1 aliphatic carbocycles. The molecule has 6 nitrogen and oxygen atoms in total. The fourth-order valence-corrected chi connectivity index (χ4v) is 4.77. The Balaban J connectivity index is 2.48. The summed E-state index contributed by atoms with van der Waals surface area (Å²) in [5, 5.41) is 12.6. The van der Waals surface area contributed by atoms with E-state index >= 15 is 0 Å². The second-order valence-electron chi connectivity index (χ2n) is 9.80. The topological polar surface area (TPSA) is 86.7 Å². The molecule has 176 valence electrons. The summed E-state index contributed by atoms with van der Waals surface area (Å²) in [6.07, 6.45) is 3.64. The fourth-order valence-electron chi connectivity index (χ4n) is 3.93. The number of carboxylic acids is 1. The fraction of sp³-hybridized carbons (Fsp3) is 0.640. The Morgan fingerprint density at radius 3 is 2.41 bits per heavy atom. The minimum atomic E-state index is -1.09. The summed E-state index contributed by atoms with van der Waals surface area (Å²) in [7, 11) is 0. The molecule has 2 N–H and O–H groups in total. The molecule has 1 aromatic rings. The predicted molar refractivity (Wildman–Crippen MR) is 129 cm³/mol. The molecule has 2 amide bonds. The van der Waals surface area contributed by atoms with Crippen molar-refractivity contribution < 1.29 is 19.5 Å². The van der Waals surface area contributed by atoms with E-state index < -0.39 is 12.0 Å². The van der Waals surface area contributed by atoms with Crippen LogP contribution < -0.4 is 10.2 Å². The van der Waals surface area contributed by atoms with E-state index in [-0.39, 0.29) is 34.4 Å². The van der Waals surface area contributed by atoms with Gasteiger partial charge >= 0.3 is 5.97 Å². The Kier molecular flexibility index (Phi) is 8.91. The minimum Gasteiger partial charge on any atom is -0.477 e. The number of carbonyl (C=O) groups excluding carboxylic acids is 2. The predicted octanol–water partition coefficient (Wildman–Crippen LogP) is 4.92. The molecule has 0 unspecified atom stereocenters. The zero-order chi connectivity index (χ0) is 24.1. The smallest absolute Gasteiger partial charge is 0.348 e. The first-order valence-corrected chi connectivity index (χ1v) is 12.2. The van der Waals surface area contributed by atoms with Crippen LogP contribution >= 0.6 is 11.3 Å². The molecule has 0 aliphatic heterocycles. The molecular weight excluding hydrogens is 424 g/mol. The van der Waals surface area contributed by atoms with Gasteiger partial charge in [-0.3, -0.25) is 9.59 Å². The zero-order valence-electron chi connectivity index (χ0n) is 20.1. The first-order chi connectivity index (χ1) is 14.9. The van der Waals surface area contributed by atoms with Crippen molar-refractivity contribution in [2.75, 3.05) is 11.4 Å². The van der Waals surface area contributed by atoms with Crippen LogP contribution in [0.4, 0.5) is 5.69 Å². The lowest BCUT2D eigenvalue weighted by molar-refractivity contribution is -0.124. The van der Waals surface area contributed by atoms with Crippen molar-refractivity contribution in [3.63, 3.8) is 0 Å². The van der Waals surface area contributed by atoms with E-state index in [1.807, 2.05) is 34.6 Å². The molecule has 1 heterocycles. The van der Waals surface area contributed by atoms with Crippen LogP contribution in [-0.4, -0.2) is 35.5 Å². The number of amides is 2. The summed E-state index contributed by atoms with van der Waals surface area (Å²) in [5.41, 5.74) is 0.119. The summed E-state index contributed by atoms with van der Waals surface area (Å²) in [6.45, 7) is 12.3. The Bertz CT molecular complexity index is 895. The number of aromatic carboxylic acids is 1. The van der Waals surface area contributed by atoms with Gasteiger partial charge in [-0.25, -0.2) is 4.79 Å². The van der Waals surface area contributed by atoms with Crippen molar-refractivity contribution in [3.05, 3.63) is 15.8 Å². The van der Waals surface area contributed by atoms with E-state index in [9.17, 15) is 19.5 Å². The van der Waals surface area contributed by atoms with E-state index in [0.717, 1.165) is 37.0 Å². The van der Waals surface area contributed by atoms with Gasteiger partial charge in [0.15, 0.2) is 0 Å². The summed E-state index contributed by atoms with van der Waals surface area (Å²) in [4.78, 5) is 40.3. The molecule has 1 fully saturated rings. The number of anilines is 1. The summed E-state index contributed by atoms with van der Waals surface area (Å²) in [5.74, 6) is 5.29. The second-order valence-corrected chi connectivity index (χ2v) is 10.9. The van der Waals surface area contributed by atoms with Gasteiger partial charge in [0.2, 0.25) is 11.8 Å². The number of thiophene rings is 1. The highest BCUT2D eigenvalue weighted by atomic mass is 32.1. The van der Waals surface area contributed by atoms with Gasteiger partial charge in [0.1, 0.15) is 4.88 Å². The van der Waals surface area contributed by atoms with E-state index in [1.54, 1.807) is 11.0 Å². The summed E-state index contributed by atoms with van der Waals surface area (Å²) < 4.78 is 0. The van der Waals surface area contributed by atoms with Crippen LogP contribution in [0.3, 0.4) is 0 Å². The van der Waals surface area contributed by atoms with E-state index in [0.29, 0.717) is 23.0 Å². The third kappa shape index (κ3) is 7.09. The van der Waals surface area contributed by atoms with Gasteiger partial charge in [-0.1, -0.05) is 18.8 Å². The number of hydrogen-bond donors (Lipinski definition) is 2. The Morgan fingerprint density at radius 2 is 1.88 bits per heavy atom. The number of hydrogen-bond acceptors (Lipinski definition) is 4. The van der Waals surface area contributed by atoms with E-state index in [2.05, 4.69) is 24.1 Å². The van der Waals surface area contributed by atoms with Gasteiger partial charge in [-0.2, -0.15) is 0 Å². The average Bonchev–Trinajstić information content (AvgIpc) is 3.11. The average molecular weight is 461 g/mol. The lowest BCUT2D eigenvalue weighted by atomic mass is 9.82. The monoisotopic (exact) mass is 460 g/mol. The largest absolute Gasteiger partial charge is 0.477 e. The zero-order valence-corrected chi connectivity index (χ0v) is 20.9. The molecule has 7 heteroatoms. The van der Waals surface area contributed by atoms with Crippen LogP contribution in [0.15, 0.2) is 6.07 Å². The van der Waals surface area contributed by atoms with E-state index in [1.165, 1.54) is 0 Å². The lowest BCUT2D eigenvalue weighted by Gasteiger charge is -2.34. The third-order valence-corrected chi connectivity index (χ3v) is 6.65. The Labute approximate surface area is 195 Å². The molecule has 0 bridgehead atoms. The molecule has 1 aliphatic rings. The highest BCUT2D eigenvalue weighted by molar-refractivity contribution is 7.15. The molecule has 1 atom stereocenters. The highest BCUT2D eigenvalue weighted by Gasteiger charge is 2.35. The Morgan fingerprint density at radius 1 is 1.25 bits per heavy atom. The SMILES string of the molecule is CCNC(=O)C[C@H](C)N(c1cc(C#CC(C)(C)C)sc1C(=O)O)C(=O)[C@H]1CC[C@H](C)CC1. The summed E-state index contributed by atoms with van der Waals surface area (Å²) >= 11 is 1.08. The normalized spacial score (nSPS) is 19.4. The third-order valence-electron chi connectivity index (χ3n) is 5.63. The van der Waals surface area contributed by atoms with Gasteiger partial charge in [0, 0.05) is 30.3 Å². The van der Waals surface area contributed by atoms with Crippen molar-refractivity contribution in [2.24, 2.45) is 17.3 Å². The quantitative estimate of drug-likeness (QED) is 0.566. The van der Waals surface area contributed by atoms with Crippen molar-refractivity contribution in [1.29, 1.82) is 0 Å². The highest BCUT2D eigenvalue weighted by Crippen LogP contribution is 2.36. The first kappa shape index (κ1) is 25.9. The maximum absolute atomic E-state index is 13.7. The van der Waals surface area contributed by atoms with Crippen LogP contribution in [-0.2, 0) is 9.59 Å². The first-order valence-electron chi connectivity index (χ1n) is 11.4. The number of nitrogens with one attached hydrogen (secondary N) is 1. The molecule has 0 saturated heterocycles. The summed E-state index contributed by atoms with van der Waals surface area (Å²) in [6, 6.07) is 1.23. The maximum atomic E-state index is 13.7. The van der Waals surface area contributed by atoms with Gasteiger partial charge in [-0.05, 0) is 72.3 Å². The Hall–Kier alpha value is -2.33. The van der Waals surface area contributed by atoms with Gasteiger partial charge in [0.25, 0.3) is 0 Å². The van der Waals surface area contributed by atoms with Crippen molar-refractivity contribution in [2.45, 2.75) is 79.7 Å². The van der Waals surface area contributed by atoms with Gasteiger partial charge < -0.3 is 15.3 Å². The number of carboxylic acid groups (broad SMARTS) is 1. The van der Waals surface area contributed by atoms with Crippen molar-refractivity contribution in [3.8, 4) is 11.8 Å². The number of rotatable bonds is 7. The lowest BCUT2D eigenvalue weighted by Crippen LogP contribution is -2.45. The van der Waals surface area contributed by atoms with Crippen LogP contribution in [0.5, 0.6) is 0 Å².